The number of nitrogens with one attached hydrogen (secondary N) is 1. The molecule has 2 heterocycles. The molecule has 1 N–H and O–H groups in total. The topological polar surface area (TPSA) is 56.4 Å². The molecular formula is C18H18ClN3O2. The van der Waals surface area contributed by atoms with Gasteiger partial charge in [0.2, 0.25) is 0 Å². The lowest BCUT2D eigenvalue weighted by Crippen LogP contribution is -2.35. The third kappa shape index (κ3) is 2.28. The van der Waals surface area contributed by atoms with Gasteiger partial charge in [0.15, 0.2) is 0 Å². The molecule has 5 nitrogen and oxygen atoms in total. The van der Waals surface area contributed by atoms with E-state index in [2.05, 4.69) is 4.98 Å². The van der Waals surface area contributed by atoms with Gasteiger partial charge < -0.3 is 9.88 Å². The smallest absolute Gasteiger partial charge is 0.262 e. The first kappa shape index (κ1) is 16.5. The van der Waals surface area contributed by atoms with Crippen molar-refractivity contribution in [2.45, 2.75) is 0 Å². The van der Waals surface area contributed by atoms with E-state index >= 15 is 0 Å². The Hall–Kier alpha value is -2.37. The highest BCUT2D eigenvalue weighted by atomic mass is 35.5. The number of halogens is 1. The van der Waals surface area contributed by atoms with Gasteiger partial charge in [-0.15, -0.1) is 12.4 Å². The first-order valence-corrected chi connectivity index (χ1v) is 7.62. The fourth-order valence-corrected chi connectivity index (χ4v) is 3.22. The second-order valence-corrected chi connectivity index (χ2v) is 6.15. The molecule has 0 bridgehead atoms. The van der Waals surface area contributed by atoms with Crippen LogP contribution >= 0.6 is 12.4 Å². The van der Waals surface area contributed by atoms with Crippen molar-refractivity contribution in [3.8, 4) is 0 Å². The van der Waals surface area contributed by atoms with Crippen molar-refractivity contribution >= 4 is 46.0 Å². The Kier molecular flexibility index (Phi) is 4.07. The number of H-pyrrole nitrogens is 1. The number of amides is 2. The summed E-state index contributed by atoms with van der Waals surface area (Å²) in [6, 6.07) is 11.5. The summed E-state index contributed by atoms with van der Waals surface area (Å²) < 4.78 is 0. The van der Waals surface area contributed by atoms with Crippen LogP contribution in [0.4, 0.5) is 0 Å². The summed E-state index contributed by atoms with van der Waals surface area (Å²) in [5.41, 5.74) is 2.90. The number of para-hydroxylation sites is 1. The molecule has 0 saturated heterocycles. The maximum atomic E-state index is 12.8. The number of aromatic nitrogens is 1. The van der Waals surface area contributed by atoms with Crippen LogP contribution in [-0.2, 0) is 0 Å². The van der Waals surface area contributed by atoms with Crippen molar-refractivity contribution in [3.63, 3.8) is 0 Å². The van der Waals surface area contributed by atoms with E-state index in [1.54, 1.807) is 6.07 Å². The second-order valence-electron chi connectivity index (χ2n) is 6.15. The van der Waals surface area contributed by atoms with Gasteiger partial charge in [-0.3, -0.25) is 14.5 Å². The summed E-state index contributed by atoms with van der Waals surface area (Å²) in [5.74, 6) is -0.388. The fourth-order valence-electron chi connectivity index (χ4n) is 3.22. The van der Waals surface area contributed by atoms with Crippen LogP contribution < -0.4 is 0 Å². The third-order valence-electron chi connectivity index (χ3n) is 4.38. The van der Waals surface area contributed by atoms with E-state index in [0.29, 0.717) is 24.2 Å². The van der Waals surface area contributed by atoms with Crippen LogP contribution in [0, 0.1) is 0 Å². The van der Waals surface area contributed by atoms with Gasteiger partial charge in [0.1, 0.15) is 0 Å². The number of carbonyl (C=O) groups is 2. The van der Waals surface area contributed by atoms with Crippen LogP contribution in [0.25, 0.3) is 21.8 Å². The average Bonchev–Trinajstić information content (AvgIpc) is 3.02. The quantitative estimate of drug-likeness (QED) is 0.744. The van der Waals surface area contributed by atoms with Crippen molar-refractivity contribution in [1.82, 2.24) is 14.8 Å². The van der Waals surface area contributed by atoms with Crippen LogP contribution in [0.15, 0.2) is 36.4 Å². The van der Waals surface area contributed by atoms with E-state index < -0.39 is 0 Å². The molecule has 6 heteroatoms. The molecule has 0 fully saturated rings. The maximum absolute atomic E-state index is 12.8. The Balaban J connectivity index is 0.00000169. The molecule has 0 radical (unpaired) electrons. The lowest BCUT2D eigenvalue weighted by atomic mass is 10.0. The number of carbonyl (C=O) groups excluding carboxylic acids is 2. The number of nitrogens with zero attached hydrogens (tertiary/aromatic N) is 2. The zero-order valence-corrected chi connectivity index (χ0v) is 14.3. The molecule has 0 aliphatic carbocycles. The van der Waals surface area contributed by atoms with Crippen molar-refractivity contribution in [1.29, 1.82) is 0 Å². The second kappa shape index (κ2) is 5.92. The van der Waals surface area contributed by atoms with E-state index in [1.165, 1.54) is 4.90 Å². The molecule has 1 aromatic heterocycles. The zero-order chi connectivity index (χ0) is 16.1. The molecule has 24 heavy (non-hydrogen) atoms. The van der Waals surface area contributed by atoms with Crippen molar-refractivity contribution < 1.29 is 9.59 Å². The lowest BCUT2D eigenvalue weighted by molar-refractivity contribution is 0.0645. The molecule has 2 aromatic carbocycles. The molecule has 0 unspecified atom stereocenters. The van der Waals surface area contributed by atoms with Crippen LogP contribution in [0.2, 0.25) is 0 Å². The van der Waals surface area contributed by atoms with E-state index in [-0.39, 0.29) is 24.2 Å². The molecule has 0 spiro atoms. The van der Waals surface area contributed by atoms with Gasteiger partial charge in [0.05, 0.1) is 11.1 Å². The van der Waals surface area contributed by atoms with Crippen LogP contribution in [0.1, 0.15) is 20.7 Å². The summed E-state index contributed by atoms with van der Waals surface area (Å²) in [5, 5.41) is 1.83. The number of hydrogen-bond donors (Lipinski definition) is 1. The molecule has 0 saturated carbocycles. The Morgan fingerprint density at radius 1 is 1.00 bits per heavy atom. The summed E-state index contributed by atoms with van der Waals surface area (Å²) in [6.45, 7) is 1.06. The minimum Gasteiger partial charge on any atom is -0.354 e. The highest BCUT2D eigenvalue weighted by Gasteiger charge is 2.37. The molecule has 2 amide bonds. The van der Waals surface area contributed by atoms with Gasteiger partial charge in [-0.05, 0) is 32.3 Å². The summed E-state index contributed by atoms with van der Waals surface area (Å²) >= 11 is 0. The predicted octanol–water partition coefficient (Wildman–Crippen LogP) is 2.90. The number of fused-ring (bicyclic) bond motifs is 5. The molecule has 1 aliphatic heterocycles. The Morgan fingerprint density at radius 3 is 2.50 bits per heavy atom. The number of imide groups is 1. The molecular weight excluding hydrogens is 326 g/mol. The van der Waals surface area contributed by atoms with Crippen molar-refractivity contribution in [2.75, 3.05) is 27.2 Å². The van der Waals surface area contributed by atoms with Gasteiger partial charge in [0.25, 0.3) is 11.8 Å². The zero-order valence-electron chi connectivity index (χ0n) is 13.5. The Labute approximate surface area is 145 Å². The van der Waals surface area contributed by atoms with E-state index in [4.69, 9.17) is 0 Å². The number of aromatic amines is 1. The molecule has 4 rings (SSSR count). The minimum absolute atomic E-state index is 0. The number of likely N-dealkylation sites (N-methyl/N-ethyl adjacent to an activating group) is 1. The molecule has 1 aliphatic rings. The molecule has 124 valence electrons. The van der Waals surface area contributed by atoms with E-state index in [1.807, 2.05) is 49.3 Å². The Bertz CT molecular complexity index is 961. The molecule has 3 aromatic rings. The summed E-state index contributed by atoms with van der Waals surface area (Å²) in [7, 11) is 3.85. The van der Waals surface area contributed by atoms with Crippen LogP contribution in [0.3, 0.4) is 0 Å². The maximum Gasteiger partial charge on any atom is 0.262 e. The van der Waals surface area contributed by atoms with Gasteiger partial charge in [-0.25, -0.2) is 0 Å². The number of benzene rings is 2. The normalized spacial score (nSPS) is 13.9. The summed E-state index contributed by atoms with van der Waals surface area (Å²) in [4.78, 5) is 32.1. The van der Waals surface area contributed by atoms with Crippen molar-refractivity contribution in [3.05, 3.63) is 47.5 Å². The minimum atomic E-state index is -0.195. The highest BCUT2D eigenvalue weighted by molar-refractivity contribution is 6.29. The van der Waals surface area contributed by atoms with Gasteiger partial charge in [-0.2, -0.15) is 0 Å². The fraction of sp³-hybridized carbons (Fsp3) is 0.222. The van der Waals surface area contributed by atoms with Gasteiger partial charge >= 0.3 is 0 Å². The highest BCUT2D eigenvalue weighted by Crippen LogP contribution is 2.34. The van der Waals surface area contributed by atoms with Gasteiger partial charge in [-0.1, -0.05) is 18.2 Å². The van der Waals surface area contributed by atoms with Crippen LogP contribution in [0.5, 0.6) is 0 Å². The standard InChI is InChI=1S/C18H17N3O2.ClH/c1-20(2)9-10-21-17(22)12-7-8-14-15(16(12)18(21)23)11-5-3-4-6-13(11)19-14;/h3-8,19H,9-10H2,1-2H3;1H. The SMILES string of the molecule is CN(C)CCN1C(=O)c2ccc3[nH]c4ccccc4c3c2C1=O.Cl. The van der Waals surface area contributed by atoms with E-state index in [0.717, 1.165) is 21.8 Å². The van der Waals surface area contributed by atoms with Crippen molar-refractivity contribution in [2.24, 2.45) is 0 Å². The lowest BCUT2D eigenvalue weighted by Gasteiger charge is -2.16. The van der Waals surface area contributed by atoms with Gasteiger partial charge in [0, 0.05) is 34.9 Å². The first-order chi connectivity index (χ1) is 11.1. The molecule has 0 atom stereocenters. The monoisotopic (exact) mass is 343 g/mol. The van der Waals surface area contributed by atoms with Crippen LogP contribution in [-0.4, -0.2) is 53.8 Å². The van der Waals surface area contributed by atoms with E-state index in [9.17, 15) is 9.59 Å². The number of hydrogen-bond acceptors (Lipinski definition) is 3. The first-order valence-electron chi connectivity index (χ1n) is 7.62. The largest absolute Gasteiger partial charge is 0.354 e. The third-order valence-corrected chi connectivity index (χ3v) is 4.38. The predicted molar refractivity (Wildman–Crippen MR) is 97.0 cm³/mol. The summed E-state index contributed by atoms with van der Waals surface area (Å²) in [6.07, 6.45) is 0. The number of rotatable bonds is 3. The Morgan fingerprint density at radius 2 is 1.75 bits per heavy atom. The average molecular weight is 344 g/mol.